The van der Waals surface area contributed by atoms with Gasteiger partial charge in [0.15, 0.2) is 0 Å². The van der Waals surface area contributed by atoms with Crippen LogP contribution in [-0.4, -0.2) is 23.3 Å². The minimum Gasteiger partial charge on any atom is -0.326 e. The number of amides is 1. The van der Waals surface area contributed by atoms with E-state index in [0.717, 1.165) is 22.4 Å². The van der Waals surface area contributed by atoms with Crippen LogP contribution in [0.15, 0.2) is 47.5 Å². The number of rotatable bonds is 3. The van der Waals surface area contributed by atoms with E-state index < -0.39 is 0 Å². The number of anilines is 1. The number of carbonyl (C=O) groups excluding carboxylic acids is 1. The lowest BCUT2D eigenvalue weighted by atomic mass is 10.1. The van der Waals surface area contributed by atoms with E-state index in [1.165, 1.54) is 12.1 Å². The molecule has 0 saturated carbocycles. The topological polar surface area (TPSA) is 44.7 Å². The second-order valence-corrected chi connectivity index (χ2v) is 5.69. The van der Waals surface area contributed by atoms with E-state index in [4.69, 9.17) is 0 Å². The maximum Gasteiger partial charge on any atom is 0.251 e. The third kappa shape index (κ3) is 3.39. The number of aryl methyl sites for hydroxylation is 2. The Bertz CT molecular complexity index is 768. The van der Waals surface area contributed by atoms with Crippen LogP contribution in [0.5, 0.6) is 0 Å². The predicted octanol–water partition coefficient (Wildman–Crippen LogP) is 3.25. The van der Waals surface area contributed by atoms with Gasteiger partial charge in [0.25, 0.3) is 5.91 Å². The van der Waals surface area contributed by atoms with Gasteiger partial charge in [-0.15, -0.1) is 0 Å². The molecule has 0 spiro atoms. The molecule has 1 N–H and O–H groups in total. The predicted molar refractivity (Wildman–Crippen MR) is 88.8 cm³/mol. The summed E-state index contributed by atoms with van der Waals surface area (Å²) < 4.78 is 13.0. The molecule has 0 bridgehead atoms. The van der Waals surface area contributed by atoms with Crippen molar-refractivity contribution in [2.45, 2.75) is 20.4 Å². The number of aliphatic imine (C=N–C) groups is 1. The number of nitrogens with one attached hydrogen (secondary N) is 1. The highest BCUT2D eigenvalue weighted by atomic mass is 19.1. The van der Waals surface area contributed by atoms with Crippen molar-refractivity contribution < 1.29 is 9.18 Å². The van der Waals surface area contributed by atoms with E-state index in [1.54, 1.807) is 17.0 Å². The highest BCUT2D eigenvalue weighted by molar-refractivity contribution is 6.09. The van der Waals surface area contributed by atoms with Crippen molar-refractivity contribution in [1.29, 1.82) is 0 Å². The fourth-order valence-electron chi connectivity index (χ4n) is 2.46. The van der Waals surface area contributed by atoms with Gasteiger partial charge in [-0.3, -0.25) is 9.69 Å². The molecular weight excluding hydrogens is 293 g/mol. The molecular formula is C18H18FN3O. The maximum absolute atomic E-state index is 13.0. The first-order valence-corrected chi connectivity index (χ1v) is 7.46. The van der Waals surface area contributed by atoms with E-state index in [1.807, 2.05) is 32.0 Å². The number of nitrogens with zero attached hydrogens (tertiary/aromatic N) is 2. The van der Waals surface area contributed by atoms with E-state index >= 15 is 0 Å². The zero-order valence-corrected chi connectivity index (χ0v) is 13.1. The molecule has 2 aromatic carbocycles. The second-order valence-electron chi connectivity index (χ2n) is 5.69. The molecule has 23 heavy (non-hydrogen) atoms. The summed E-state index contributed by atoms with van der Waals surface area (Å²) in [5, 5.41) is 3.24. The number of carbonyl (C=O) groups is 1. The van der Waals surface area contributed by atoms with Gasteiger partial charge in [0, 0.05) is 5.69 Å². The first-order chi connectivity index (χ1) is 11.0. The summed E-state index contributed by atoms with van der Waals surface area (Å²) in [6.07, 6.45) is 0. The number of halogens is 1. The van der Waals surface area contributed by atoms with Crippen LogP contribution >= 0.6 is 0 Å². The maximum atomic E-state index is 13.0. The molecule has 2 aromatic rings. The summed E-state index contributed by atoms with van der Waals surface area (Å²) in [4.78, 5) is 18.0. The van der Waals surface area contributed by atoms with Gasteiger partial charge >= 0.3 is 0 Å². The number of benzene rings is 2. The van der Waals surface area contributed by atoms with Crippen LogP contribution in [0.3, 0.4) is 0 Å². The van der Waals surface area contributed by atoms with Crippen LogP contribution in [0.2, 0.25) is 0 Å². The molecule has 1 heterocycles. The Balaban J connectivity index is 1.79. The third-order valence-corrected chi connectivity index (χ3v) is 3.81. The van der Waals surface area contributed by atoms with Gasteiger partial charge in [0.2, 0.25) is 5.96 Å². The molecule has 4 nitrogen and oxygen atoms in total. The molecule has 0 aromatic heterocycles. The van der Waals surface area contributed by atoms with Crippen molar-refractivity contribution in [3.63, 3.8) is 0 Å². The van der Waals surface area contributed by atoms with E-state index in [0.29, 0.717) is 12.5 Å². The summed E-state index contributed by atoms with van der Waals surface area (Å²) in [5.74, 6) is 0.180. The van der Waals surface area contributed by atoms with Crippen LogP contribution in [0.1, 0.15) is 16.7 Å². The zero-order chi connectivity index (χ0) is 16.4. The van der Waals surface area contributed by atoms with Crippen molar-refractivity contribution in [1.82, 2.24) is 4.90 Å². The Morgan fingerprint density at radius 3 is 2.65 bits per heavy atom. The van der Waals surface area contributed by atoms with Crippen molar-refractivity contribution >= 4 is 17.6 Å². The minimum absolute atomic E-state index is 0.0675. The van der Waals surface area contributed by atoms with Gasteiger partial charge in [-0.2, -0.15) is 0 Å². The summed E-state index contributed by atoms with van der Waals surface area (Å²) in [6.45, 7) is 4.52. The van der Waals surface area contributed by atoms with Gasteiger partial charge in [-0.1, -0.05) is 24.3 Å². The smallest absolute Gasteiger partial charge is 0.251 e. The fourth-order valence-corrected chi connectivity index (χ4v) is 2.46. The average molecular weight is 311 g/mol. The minimum atomic E-state index is -0.288. The van der Waals surface area contributed by atoms with Crippen LogP contribution in [0.4, 0.5) is 10.1 Å². The Labute approximate surface area is 134 Å². The highest BCUT2D eigenvalue weighted by Gasteiger charge is 2.26. The molecule has 0 atom stereocenters. The summed E-state index contributed by atoms with van der Waals surface area (Å²) in [5.41, 5.74) is 4.01. The molecule has 3 rings (SSSR count). The van der Waals surface area contributed by atoms with Crippen LogP contribution < -0.4 is 5.32 Å². The van der Waals surface area contributed by atoms with Crippen molar-refractivity contribution in [2.75, 3.05) is 11.9 Å². The van der Waals surface area contributed by atoms with Gasteiger partial charge < -0.3 is 5.32 Å². The molecule has 1 aliphatic heterocycles. The molecule has 1 aliphatic rings. The molecule has 118 valence electrons. The van der Waals surface area contributed by atoms with E-state index in [2.05, 4.69) is 10.3 Å². The SMILES string of the molecule is Cc1ccc(C)c(NC2=NCC(=O)N2Cc2ccc(F)cc2)c1. The fraction of sp³-hybridized carbons (Fsp3) is 0.222. The Morgan fingerprint density at radius 2 is 1.91 bits per heavy atom. The van der Waals surface area contributed by atoms with E-state index in [-0.39, 0.29) is 18.3 Å². The lowest BCUT2D eigenvalue weighted by molar-refractivity contribution is -0.125. The average Bonchev–Trinajstić information content (AvgIpc) is 2.86. The molecule has 0 radical (unpaired) electrons. The van der Waals surface area contributed by atoms with Crippen molar-refractivity contribution in [3.8, 4) is 0 Å². The van der Waals surface area contributed by atoms with Gasteiger partial charge in [-0.05, 0) is 48.7 Å². The number of hydrogen-bond acceptors (Lipinski definition) is 3. The summed E-state index contributed by atoms with van der Waals surface area (Å²) >= 11 is 0. The molecule has 0 fully saturated rings. The summed E-state index contributed by atoms with van der Waals surface area (Å²) in [6, 6.07) is 12.2. The highest BCUT2D eigenvalue weighted by Crippen LogP contribution is 2.19. The summed E-state index contributed by atoms with van der Waals surface area (Å²) in [7, 11) is 0. The molecule has 0 aliphatic carbocycles. The normalized spacial score (nSPS) is 14.1. The number of guanidine groups is 1. The quantitative estimate of drug-likeness (QED) is 0.945. The Morgan fingerprint density at radius 1 is 1.17 bits per heavy atom. The zero-order valence-electron chi connectivity index (χ0n) is 13.1. The van der Waals surface area contributed by atoms with Crippen molar-refractivity contribution in [3.05, 3.63) is 65.0 Å². The molecule has 0 unspecified atom stereocenters. The Kier molecular flexibility index (Phi) is 4.10. The lowest BCUT2D eigenvalue weighted by Crippen LogP contribution is -2.36. The number of hydrogen-bond donors (Lipinski definition) is 1. The molecule has 0 saturated heterocycles. The monoisotopic (exact) mass is 311 g/mol. The first kappa shape index (κ1) is 15.2. The van der Waals surface area contributed by atoms with Crippen LogP contribution in [0, 0.1) is 19.7 Å². The largest absolute Gasteiger partial charge is 0.326 e. The first-order valence-electron chi connectivity index (χ1n) is 7.46. The second kappa shape index (κ2) is 6.20. The Hall–Kier alpha value is -2.69. The molecule has 5 heteroatoms. The third-order valence-electron chi connectivity index (χ3n) is 3.81. The van der Waals surface area contributed by atoms with Crippen LogP contribution in [0.25, 0.3) is 0 Å². The molecule has 1 amide bonds. The standard InChI is InChI=1S/C18H18FN3O/c1-12-3-4-13(2)16(9-12)21-18-20-10-17(23)22(18)11-14-5-7-15(19)8-6-14/h3-9H,10-11H2,1-2H3,(H,20,21). The van der Waals surface area contributed by atoms with Crippen LogP contribution in [-0.2, 0) is 11.3 Å². The van der Waals surface area contributed by atoms with E-state index in [9.17, 15) is 9.18 Å². The lowest BCUT2D eigenvalue weighted by Gasteiger charge is -2.20. The van der Waals surface area contributed by atoms with Crippen molar-refractivity contribution in [2.24, 2.45) is 4.99 Å². The van der Waals surface area contributed by atoms with Gasteiger partial charge in [0.1, 0.15) is 12.4 Å². The van der Waals surface area contributed by atoms with Gasteiger partial charge in [-0.25, -0.2) is 9.38 Å². The van der Waals surface area contributed by atoms with Gasteiger partial charge in [0.05, 0.1) is 6.54 Å².